The minimum absolute atomic E-state index is 0.0771. The van der Waals surface area contributed by atoms with Crippen LogP contribution in [0.3, 0.4) is 0 Å². The van der Waals surface area contributed by atoms with Crippen LogP contribution in [0.25, 0.3) is 0 Å². The third-order valence-electron chi connectivity index (χ3n) is 4.28. The zero-order chi connectivity index (χ0) is 20.6. The number of sulfone groups is 1. The zero-order valence-electron chi connectivity index (χ0n) is 15.7. The second-order valence-electron chi connectivity index (χ2n) is 6.40. The third-order valence-corrected chi connectivity index (χ3v) is 6.09. The molecule has 0 aliphatic rings. The summed E-state index contributed by atoms with van der Waals surface area (Å²) in [6, 6.07) is 10.6. The second-order valence-corrected chi connectivity index (χ2v) is 8.51. The van der Waals surface area contributed by atoms with Crippen LogP contribution in [-0.4, -0.2) is 44.6 Å². The molecule has 0 atom stereocenters. The van der Waals surface area contributed by atoms with Gasteiger partial charge in [-0.2, -0.15) is 0 Å². The molecule has 0 aliphatic carbocycles. The molecule has 0 spiro atoms. The van der Waals surface area contributed by atoms with E-state index in [9.17, 15) is 22.0 Å². The highest BCUT2D eigenvalue weighted by Gasteiger charge is 2.16. The molecule has 0 fully saturated rings. The highest BCUT2D eigenvalue weighted by atomic mass is 32.2. The van der Waals surface area contributed by atoms with Crippen molar-refractivity contribution >= 4 is 15.7 Å². The maximum atomic E-state index is 12.9. The van der Waals surface area contributed by atoms with Crippen molar-refractivity contribution in [1.82, 2.24) is 10.2 Å². The van der Waals surface area contributed by atoms with E-state index in [1.54, 1.807) is 12.1 Å². The average Bonchev–Trinajstić information content (AvgIpc) is 2.67. The van der Waals surface area contributed by atoms with E-state index >= 15 is 0 Å². The van der Waals surface area contributed by atoms with Gasteiger partial charge in [-0.15, -0.1) is 0 Å². The fourth-order valence-electron chi connectivity index (χ4n) is 2.65. The van der Waals surface area contributed by atoms with Crippen molar-refractivity contribution in [2.45, 2.75) is 24.8 Å². The van der Waals surface area contributed by atoms with Crippen molar-refractivity contribution in [3.63, 3.8) is 0 Å². The molecule has 8 heteroatoms. The molecule has 0 saturated heterocycles. The molecule has 28 heavy (non-hydrogen) atoms. The van der Waals surface area contributed by atoms with Crippen LogP contribution < -0.4 is 5.32 Å². The van der Waals surface area contributed by atoms with Gasteiger partial charge in [-0.25, -0.2) is 17.2 Å². The first-order valence-electron chi connectivity index (χ1n) is 9.02. The van der Waals surface area contributed by atoms with Gasteiger partial charge < -0.3 is 5.32 Å². The largest absolute Gasteiger partial charge is 0.351 e. The van der Waals surface area contributed by atoms with Gasteiger partial charge in [0.05, 0.1) is 17.2 Å². The lowest BCUT2D eigenvalue weighted by Crippen LogP contribution is -2.37. The van der Waals surface area contributed by atoms with Gasteiger partial charge in [0.1, 0.15) is 11.6 Å². The van der Waals surface area contributed by atoms with Crippen molar-refractivity contribution in [3.8, 4) is 0 Å². The lowest BCUT2D eigenvalue weighted by Gasteiger charge is -2.19. The SMILES string of the molecule is CCN(CCCS(=O)(=O)c1ccc(F)cc1)CC(=O)NCc1ccc(F)cc1. The Morgan fingerprint density at radius 1 is 1.00 bits per heavy atom. The molecule has 2 aromatic rings. The summed E-state index contributed by atoms with van der Waals surface area (Å²) in [5, 5.41) is 2.76. The molecule has 0 saturated carbocycles. The van der Waals surface area contributed by atoms with Crippen LogP contribution in [0.15, 0.2) is 53.4 Å². The van der Waals surface area contributed by atoms with Crippen LogP contribution in [0.2, 0.25) is 0 Å². The van der Waals surface area contributed by atoms with Gasteiger partial charge >= 0.3 is 0 Å². The fourth-order valence-corrected chi connectivity index (χ4v) is 3.94. The molecule has 2 rings (SSSR count). The highest BCUT2D eigenvalue weighted by molar-refractivity contribution is 7.91. The molecular formula is C20H24F2N2O3S. The van der Waals surface area contributed by atoms with Gasteiger partial charge in [-0.05, 0) is 61.5 Å². The van der Waals surface area contributed by atoms with Crippen molar-refractivity contribution in [3.05, 3.63) is 65.7 Å². The van der Waals surface area contributed by atoms with Crippen LogP contribution in [0.1, 0.15) is 18.9 Å². The third kappa shape index (κ3) is 7.01. The summed E-state index contributed by atoms with van der Waals surface area (Å²) < 4.78 is 50.4. The fraction of sp³-hybridized carbons (Fsp3) is 0.350. The minimum atomic E-state index is -3.48. The standard InChI is InChI=1S/C20H24F2N2O3S/c1-2-24(15-20(25)23-14-16-4-6-17(21)7-5-16)12-3-13-28(26,27)19-10-8-18(22)9-11-19/h4-11H,2-3,12-15H2,1H3,(H,23,25). The summed E-state index contributed by atoms with van der Waals surface area (Å²) in [5.74, 6) is -1.08. The lowest BCUT2D eigenvalue weighted by molar-refractivity contribution is -0.122. The average molecular weight is 410 g/mol. The lowest BCUT2D eigenvalue weighted by atomic mass is 10.2. The topological polar surface area (TPSA) is 66.5 Å². The van der Waals surface area contributed by atoms with E-state index in [1.807, 2.05) is 11.8 Å². The van der Waals surface area contributed by atoms with Crippen molar-refractivity contribution in [2.75, 3.05) is 25.4 Å². The number of rotatable bonds is 10. The summed E-state index contributed by atoms with van der Waals surface area (Å²) in [6.07, 6.45) is 0.360. The van der Waals surface area contributed by atoms with Crippen molar-refractivity contribution in [2.24, 2.45) is 0 Å². The summed E-state index contributed by atoms with van der Waals surface area (Å²) in [4.78, 5) is 14.0. The molecule has 1 N–H and O–H groups in total. The first-order valence-corrected chi connectivity index (χ1v) is 10.7. The number of carbonyl (C=O) groups excluding carboxylic acids is 1. The predicted octanol–water partition coefficient (Wildman–Crippen LogP) is 2.77. The van der Waals surface area contributed by atoms with Crippen LogP contribution >= 0.6 is 0 Å². The smallest absolute Gasteiger partial charge is 0.234 e. The summed E-state index contributed by atoms with van der Waals surface area (Å²) >= 11 is 0. The number of nitrogens with zero attached hydrogens (tertiary/aromatic N) is 1. The first-order chi connectivity index (χ1) is 13.3. The van der Waals surface area contributed by atoms with Crippen LogP contribution in [0, 0.1) is 11.6 Å². The Morgan fingerprint density at radius 3 is 2.14 bits per heavy atom. The molecule has 2 aromatic carbocycles. The molecular weight excluding hydrogens is 386 g/mol. The van der Waals surface area contributed by atoms with Crippen LogP contribution in [0.5, 0.6) is 0 Å². The second kappa shape index (κ2) is 10.3. The van der Waals surface area contributed by atoms with Gasteiger partial charge in [-0.1, -0.05) is 19.1 Å². The van der Waals surface area contributed by atoms with Crippen molar-refractivity contribution < 1.29 is 22.0 Å². The van der Waals surface area contributed by atoms with E-state index in [-0.39, 0.29) is 28.9 Å². The molecule has 0 aliphatic heterocycles. The van der Waals surface area contributed by atoms with E-state index in [4.69, 9.17) is 0 Å². The number of hydrogen-bond donors (Lipinski definition) is 1. The molecule has 1 amide bonds. The van der Waals surface area contributed by atoms with Gasteiger partial charge in [0.2, 0.25) is 5.91 Å². The molecule has 152 valence electrons. The van der Waals surface area contributed by atoms with Gasteiger partial charge in [0.25, 0.3) is 0 Å². The maximum Gasteiger partial charge on any atom is 0.234 e. The number of nitrogens with one attached hydrogen (secondary N) is 1. The van der Waals surface area contributed by atoms with E-state index in [2.05, 4.69) is 5.32 Å². The summed E-state index contributed by atoms with van der Waals surface area (Å²) in [5.41, 5.74) is 0.795. The summed E-state index contributed by atoms with van der Waals surface area (Å²) in [6.45, 7) is 3.38. The van der Waals surface area contributed by atoms with Gasteiger partial charge in [0, 0.05) is 6.54 Å². The van der Waals surface area contributed by atoms with E-state index in [0.717, 1.165) is 17.7 Å². The van der Waals surface area contributed by atoms with Gasteiger partial charge in [0.15, 0.2) is 9.84 Å². The Morgan fingerprint density at radius 2 is 1.57 bits per heavy atom. The number of hydrogen-bond acceptors (Lipinski definition) is 4. The normalized spacial score (nSPS) is 11.6. The Kier molecular flexibility index (Phi) is 8.07. The number of carbonyl (C=O) groups is 1. The molecule has 0 aromatic heterocycles. The first kappa shape index (κ1) is 22.0. The van der Waals surface area contributed by atoms with E-state index in [0.29, 0.717) is 26.1 Å². The molecule has 0 radical (unpaired) electrons. The Hall–Kier alpha value is -2.32. The highest BCUT2D eigenvalue weighted by Crippen LogP contribution is 2.13. The molecule has 0 heterocycles. The van der Waals surface area contributed by atoms with Gasteiger partial charge in [-0.3, -0.25) is 9.69 Å². The number of benzene rings is 2. The Labute approximate surface area is 164 Å². The van der Waals surface area contributed by atoms with Crippen molar-refractivity contribution in [1.29, 1.82) is 0 Å². The zero-order valence-corrected chi connectivity index (χ0v) is 16.5. The minimum Gasteiger partial charge on any atom is -0.351 e. The quantitative estimate of drug-likeness (QED) is 0.612. The monoisotopic (exact) mass is 410 g/mol. The number of likely N-dealkylation sites (N-methyl/N-ethyl adjacent to an activating group) is 1. The van der Waals surface area contributed by atoms with Crippen LogP contribution in [-0.2, 0) is 21.2 Å². The maximum absolute atomic E-state index is 12.9. The van der Waals surface area contributed by atoms with E-state index in [1.165, 1.54) is 24.3 Å². The molecule has 0 bridgehead atoms. The number of amides is 1. The molecule has 0 unspecified atom stereocenters. The molecule has 5 nitrogen and oxygen atoms in total. The predicted molar refractivity (Wildman–Crippen MR) is 103 cm³/mol. The number of halogens is 2. The van der Waals surface area contributed by atoms with E-state index < -0.39 is 15.7 Å². The van der Waals surface area contributed by atoms with Crippen LogP contribution in [0.4, 0.5) is 8.78 Å². The Bertz CT molecular complexity index is 869. The summed E-state index contributed by atoms with van der Waals surface area (Å²) in [7, 11) is -3.48. The Balaban J connectivity index is 1.77.